The highest BCUT2D eigenvalue weighted by atomic mass is 79.9. The molecule has 0 N–H and O–H groups in total. The largest absolute Gasteiger partial charge is 0.466 e. The van der Waals surface area contributed by atoms with Gasteiger partial charge in [-0.25, -0.2) is 4.98 Å². The normalized spacial score (nSPS) is 10.0. The Labute approximate surface area is 112 Å². The first kappa shape index (κ1) is 14.2. The van der Waals surface area contributed by atoms with Gasteiger partial charge in [0.25, 0.3) is 0 Å². The zero-order valence-corrected chi connectivity index (χ0v) is 11.7. The molecule has 6 heteroatoms. The van der Waals surface area contributed by atoms with E-state index in [1.807, 2.05) is 12.1 Å². The highest BCUT2D eigenvalue weighted by Crippen LogP contribution is 2.17. The summed E-state index contributed by atoms with van der Waals surface area (Å²) in [6.45, 7) is 2.01. The first-order valence-corrected chi connectivity index (χ1v) is 6.81. The Morgan fingerprint density at radius 1 is 1.47 bits per heavy atom. The van der Waals surface area contributed by atoms with Gasteiger partial charge in [0.05, 0.1) is 17.4 Å². The molecule has 4 nitrogen and oxygen atoms in total. The lowest BCUT2D eigenvalue weighted by Crippen LogP contribution is -2.12. The van der Waals surface area contributed by atoms with E-state index in [1.165, 1.54) is 11.8 Å². The molecule has 0 aliphatic rings. The van der Waals surface area contributed by atoms with E-state index < -0.39 is 5.97 Å². The number of nitrogens with zero attached hydrogens (tertiary/aromatic N) is 1. The summed E-state index contributed by atoms with van der Waals surface area (Å²) in [5.41, 5.74) is 0. The molecule has 17 heavy (non-hydrogen) atoms. The molecule has 1 aromatic rings. The summed E-state index contributed by atoms with van der Waals surface area (Å²) in [5, 5.41) is 0.755. The molecule has 0 saturated heterocycles. The van der Waals surface area contributed by atoms with Gasteiger partial charge < -0.3 is 4.74 Å². The number of halogens is 1. The predicted molar refractivity (Wildman–Crippen MR) is 68.9 cm³/mol. The van der Waals surface area contributed by atoms with Gasteiger partial charge in [-0.15, -0.1) is 0 Å². The summed E-state index contributed by atoms with van der Waals surface area (Å²) < 4.78 is 5.58. The van der Waals surface area contributed by atoms with E-state index in [2.05, 4.69) is 25.7 Å². The van der Waals surface area contributed by atoms with E-state index >= 15 is 0 Å². The maximum absolute atomic E-state index is 11.4. The molecular weight excluding hydrogens is 306 g/mol. The van der Waals surface area contributed by atoms with Crippen molar-refractivity contribution in [2.24, 2.45) is 0 Å². The molecular formula is C11H12BrNO3S. The highest BCUT2D eigenvalue weighted by Gasteiger charge is 2.10. The molecule has 0 saturated carbocycles. The van der Waals surface area contributed by atoms with E-state index in [0.717, 1.165) is 9.50 Å². The number of aromatic nitrogens is 1. The van der Waals surface area contributed by atoms with E-state index in [9.17, 15) is 9.59 Å². The molecule has 0 aromatic carbocycles. The van der Waals surface area contributed by atoms with Crippen molar-refractivity contribution in [3.05, 3.63) is 22.8 Å². The van der Waals surface area contributed by atoms with E-state index in [-0.39, 0.29) is 18.0 Å². The number of esters is 1. The standard InChI is InChI=1S/C11H12BrNO3S/c1-2-16-11(15)5-9(14)7-17-10-4-3-8(12)6-13-10/h3-4,6H,2,5,7H2,1H3. The van der Waals surface area contributed by atoms with Crippen LogP contribution in [0.2, 0.25) is 0 Å². The fourth-order valence-corrected chi connectivity index (χ4v) is 1.96. The van der Waals surface area contributed by atoms with Crippen LogP contribution < -0.4 is 0 Å². The number of carbonyl (C=O) groups excluding carboxylic acids is 2. The van der Waals surface area contributed by atoms with Crippen molar-refractivity contribution in [2.75, 3.05) is 12.4 Å². The summed E-state index contributed by atoms with van der Waals surface area (Å²) in [6, 6.07) is 3.66. The monoisotopic (exact) mass is 317 g/mol. The number of pyridine rings is 1. The fraction of sp³-hybridized carbons (Fsp3) is 0.364. The Balaban J connectivity index is 2.33. The number of ketones is 1. The van der Waals surface area contributed by atoms with Crippen molar-refractivity contribution < 1.29 is 14.3 Å². The summed E-state index contributed by atoms with van der Waals surface area (Å²) >= 11 is 4.58. The zero-order valence-electron chi connectivity index (χ0n) is 9.31. The lowest BCUT2D eigenvalue weighted by Gasteiger charge is -2.01. The number of thioether (sulfide) groups is 1. The second-order valence-electron chi connectivity index (χ2n) is 3.12. The van der Waals surface area contributed by atoms with Gasteiger partial charge in [0.15, 0.2) is 5.78 Å². The number of hydrogen-bond acceptors (Lipinski definition) is 5. The van der Waals surface area contributed by atoms with Crippen LogP contribution in [0, 0.1) is 0 Å². The number of ether oxygens (including phenoxy) is 1. The summed E-state index contributed by atoms with van der Waals surface area (Å²) in [5.74, 6) is -0.395. The van der Waals surface area contributed by atoms with Crippen LogP contribution in [0.1, 0.15) is 13.3 Å². The summed E-state index contributed by atoms with van der Waals surface area (Å²) in [6.07, 6.45) is 1.50. The molecule has 0 bridgehead atoms. The van der Waals surface area contributed by atoms with Crippen molar-refractivity contribution in [2.45, 2.75) is 18.4 Å². The number of rotatable bonds is 6. The second-order valence-corrected chi connectivity index (χ2v) is 5.04. The van der Waals surface area contributed by atoms with Crippen LogP contribution in [0.4, 0.5) is 0 Å². The van der Waals surface area contributed by atoms with E-state index in [0.29, 0.717) is 6.61 Å². The minimum Gasteiger partial charge on any atom is -0.466 e. The smallest absolute Gasteiger partial charge is 0.313 e. The number of Topliss-reactive ketones (excluding diaryl/α,β-unsaturated/α-hetero) is 1. The molecule has 0 aliphatic carbocycles. The summed E-state index contributed by atoms with van der Waals surface area (Å²) in [4.78, 5) is 26.6. The van der Waals surface area contributed by atoms with Gasteiger partial charge in [-0.2, -0.15) is 0 Å². The molecule has 0 aliphatic heterocycles. The van der Waals surface area contributed by atoms with Crippen LogP contribution >= 0.6 is 27.7 Å². The van der Waals surface area contributed by atoms with Gasteiger partial charge in [0, 0.05) is 10.7 Å². The first-order chi connectivity index (χ1) is 8.11. The van der Waals surface area contributed by atoms with Crippen LogP contribution in [0.25, 0.3) is 0 Å². The minimum absolute atomic E-state index is 0.154. The van der Waals surface area contributed by atoms with Crippen molar-refractivity contribution in [3.63, 3.8) is 0 Å². The van der Waals surface area contributed by atoms with Crippen LogP contribution in [0.3, 0.4) is 0 Å². The topological polar surface area (TPSA) is 56.3 Å². The quantitative estimate of drug-likeness (QED) is 0.458. The average Bonchev–Trinajstić information content (AvgIpc) is 2.28. The molecule has 0 unspecified atom stereocenters. The molecule has 0 fully saturated rings. The van der Waals surface area contributed by atoms with Gasteiger partial charge in [-0.05, 0) is 35.0 Å². The Kier molecular flexibility index (Phi) is 6.21. The molecule has 0 spiro atoms. The van der Waals surface area contributed by atoms with E-state index in [1.54, 1.807) is 13.1 Å². The lowest BCUT2D eigenvalue weighted by atomic mass is 10.3. The molecule has 0 amide bonds. The second kappa shape index (κ2) is 7.45. The Hall–Kier alpha value is -0.880. The Morgan fingerprint density at radius 3 is 2.82 bits per heavy atom. The number of carbonyl (C=O) groups is 2. The van der Waals surface area contributed by atoms with Crippen LogP contribution in [-0.2, 0) is 14.3 Å². The molecule has 1 heterocycles. The SMILES string of the molecule is CCOC(=O)CC(=O)CSc1ccc(Br)cn1. The predicted octanol–water partition coefficient (Wildman–Crippen LogP) is 2.46. The van der Waals surface area contributed by atoms with Gasteiger partial charge >= 0.3 is 5.97 Å². The average molecular weight is 318 g/mol. The van der Waals surface area contributed by atoms with Gasteiger partial charge in [0.2, 0.25) is 0 Å². The van der Waals surface area contributed by atoms with Crippen molar-refractivity contribution >= 4 is 39.4 Å². The third-order valence-electron chi connectivity index (χ3n) is 1.73. The molecule has 0 radical (unpaired) electrons. The van der Waals surface area contributed by atoms with Crippen molar-refractivity contribution in [1.82, 2.24) is 4.98 Å². The Morgan fingerprint density at radius 2 is 2.24 bits per heavy atom. The fourth-order valence-electron chi connectivity index (χ4n) is 1.03. The van der Waals surface area contributed by atoms with E-state index in [4.69, 9.17) is 0 Å². The Bertz CT molecular complexity index is 394. The third kappa shape index (κ3) is 5.83. The number of hydrogen-bond donors (Lipinski definition) is 0. The van der Waals surface area contributed by atoms with Crippen molar-refractivity contribution in [3.8, 4) is 0 Å². The third-order valence-corrected chi connectivity index (χ3v) is 3.20. The molecule has 1 rings (SSSR count). The highest BCUT2D eigenvalue weighted by molar-refractivity contribution is 9.10. The van der Waals surface area contributed by atoms with Crippen molar-refractivity contribution in [1.29, 1.82) is 0 Å². The lowest BCUT2D eigenvalue weighted by molar-refractivity contribution is -0.145. The van der Waals surface area contributed by atoms with Gasteiger partial charge in [-0.1, -0.05) is 11.8 Å². The van der Waals surface area contributed by atoms with Gasteiger partial charge in [0.1, 0.15) is 6.42 Å². The summed E-state index contributed by atoms with van der Waals surface area (Å²) in [7, 11) is 0. The van der Waals surface area contributed by atoms with Crippen LogP contribution in [0.5, 0.6) is 0 Å². The molecule has 1 aromatic heterocycles. The maximum atomic E-state index is 11.4. The maximum Gasteiger partial charge on any atom is 0.313 e. The van der Waals surface area contributed by atoms with Crippen LogP contribution in [0.15, 0.2) is 27.8 Å². The molecule has 0 atom stereocenters. The van der Waals surface area contributed by atoms with Crippen LogP contribution in [-0.4, -0.2) is 29.1 Å². The van der Waals surface area contributed by atoms with Gasteiger partial charge in [-0.3, -0.25) is 9.59 Å². The zero-order chi connectivity index (χ0) is 12.7. The first-order valence-electron chi connectivity index (χ1n) is 5.03. The minimum atomic E-state index is -0.470. The molecule has 92 valence electrons.